The SMILES string of the molecule is CC(=CC1OC(=O)C(C2CCC34CC23C=CC2C3(C)CC=C5CC(c6ccccc6)OCC5(C)C3CC(O)C24C)C1O)CO. The first-order valence-electron chi connectivity index (χ1n) is 16.9. The smallest absolute Gasteiger partial charge is 0.312 e. The zero-order valence-electron chi connectivity index (χ0n) is 26.5. The minimum Gasteiger partial charge on any atom is -0.455 e. The number of ether oxygens (including phenoxy) is 2. The minimum atomic E-state index is -0.926. The average Bonchev–Trinajstić information content (AvgIpc) is 3.49. The van der Waals surface area contributed by atoms with Crippen molar-refractivity contribution in [2.24, 2.45) is 50.7 Å². The van der Waals surface area contributed by atoms with Gasteiger partial charge < -0.3 is 24.8 Å². The van der Waals surface area contributed by atoms with Crippen LogP contribution in [-0.2, 0) is 14.3 Å². The Kier molecular flexibility index (Phi) is 6.23. The quantitative estimate of drug-likeness (QED) is 0.304. The van der Waals surface area contributed by atoms with E-state index in [2.05, 4.69) is 69.3 Å². The van der Waals surface area contributed by atoms with E-state index >= 15 is 0 Å². The Hall–Kier alpha value is -2.25. The normalized spacial score (nSPS) is 52.2. The fourth-order valence-corrected chi connectivity index (χ4v) is 12.4. The Balaban J connectivity index is 1.12. The molecule has 0 amide bonds. The largest absolute Gasteiger partial charge is 0.455 e. The van der Waals surface area contributed by atoms with Crippen LogP contribution in [0.25, 0.3) is 0 Å². The second kappa shape index (κ2) is 9.40. The zero-order valence-corrected chi connectivity index (χ0v) is 26.5. The number of cyclic esters (lactones) is 1. The third-order valence-corrected chi connectivity index (χ3v) is 14.6. The Morgan fingerprint density at radius 3 is 2.66 bits per heavy atom. The summed E-state index contributed by atoms with van der Waals surface area (Å²) in [7, 11) is 0. The Morgan fingerprint density at radius 2 is 1.91 bits per heavy atom. The van der Waals surface area contributed by atoms with E-state index in [0.29, 0.717) is 18.1 Å². The first-order chi connectivity index (χ1) is 20.9. The van der Waals surface area contributed by atoms with Crippen molar-refractivity contribution in [3.8, 4) is 0 Å². The van der Waals surface area contributed by atoms with Crippen molar-refractivity contribution in [2.75, 3.05) is 13.2 Å². The molecule has 0 spiro atoms. The maximum Gasteiger partial charge on any atom is 0.312 e. The van der Waals surface area contributed by atoms with Crippen molar-refractivity contribution in [3.63, 3.8) is 0 Å². The second-order valence-corrected chi connectivity index (χ2v) is 16.2. The van der Waals surface area contributed by atoms with E-state index in [9.17, 15) is 20.1 Å². The van der Waals surface area contributed by atoms with Crippen LogP contribution in [0.1, 0.15) is 77.9 Å². The van der Waals surface area contributed by atoms with E-state index in [4.69, 9.17) is 9.47 Å². The standard InChI is InChI=1S/C38H48O6/c1-22(19-39)16-27-32(41)31(33(42)44-27)25-11-15-38-20-37(25,38)14-12-28-34(2)13-10-24-17-26(23-8-6-5-7-9-23)43-21-35(24,3)29(34)18-30(40)36(28,38)4/h5-10,12,14,16,25-32,39-41H,11,13,15,17-21H2,1-4H3. The number of carbonyl (C=O) groups excluding carboxylic acids is 1. The van der Waals surface area contributed by atoms with Gasteiger partial charge in [0.15, 0.2) is 0 Å². The molecule has 8 rings (SSSR count). The van der Waals surface area contributed by atoms with Gasteiger partial charge in [-0.2, -0.15) is 0 Å². The van der Waals surface area contributed by atoms with Gasteiger partial charge in [-0.25, -0.2) is 0 Å². The van der Waals surface area contributed by atoms with Crippen LogP contribution >= 0.6 is 0 Å². The Morgan fingerprint density at radius 1 is 1.14 bits per heavy atom. The number of allylic oxidation sites excluding steroid dienone is 3. The third-order valence-electron chi connectivity index (χ3n) is 14.6. The maximum absolute atomic E-state index is 13.3. The number of hydrogen-bond donors (Lipinski definition) is 3. The van der Waals surface area contributed by atoms with Crippen molar-refractivity contribution in [1.82, 2.24) is 0 Å². The van der Waals surface area contributed by atoms with Gasteiger partial charge in [-0.15, -0.1) is 0 Å². The predicted molar refractivity (Wildman–Crippen MR) is 166 cm³/mol. The number of carbonyl (C=O) groups is 1. The summed E-state index contributed by atoms with van der Waals surface area (Å²) in [6, 6.07) is 10.5. The monoisotopic (exact) mass is 600 g/mol. The summed E-state index contributed by atoms with van der Waals surface area (Å²) >= 11 is 0. The fraction of sp³-hybridized carbons (Fsp3) is 0.658. The highest BCUT2D eigenvalue weighted by atomic mass is 16.6. The molecule has 5 aliphatic carbocycles. The Bertz CT molecular complexity index is 1460. The molecular weight excluding hydrogens is 552 g/mol. The molecule has 5 fully saturated rings. The molecule has 2 aliphatic heterocycles. The molecule has 6 heteroatoms. The van der Waals surface area contributed by atoms with Gasteiger partial charge in [0.1, 0.15) is 12.2 Å². The van der Waals surface area contributed by atoms with Gasteiger partial charge in [-0.3, -0.25) is 4.79 Å². The highest BCUT2D eigenvalue weighted by Gasteiger charge is 2.85. The van der Waals surface area contributed by atoms with E-state index in [1.54, 1.807) is 13.0 Å². The van der Waals surface area contributed by atoms with Crippen LogP contribution in [0.15, 0.2) is 65.8 Å². The summed E-state index contributed by atoms with van der Waals surface area (Å²) < 4.78 is 12.3. The number of hydrogen-bond acceptors (Lipinski definition) is 6. The molecule has 3 saturated carbocycles. The molecule has 6 nitrogen and oxygen atoms in total. The summed E-state index contributed by atoms with van der Waals surface area (Å²) in [5.74, 6) is -0.410. The van der Waals surface area contributed by atoms with Crippen molar-refractivity contribution in [2.45, 2.75) is 90.6 Å². The number of rotatable bonds is 4. The summed E-state index contributed by atoms with van der Waals surface area (Å²) in [6.07, 6.45) is 12.5. The van der Waals surface area contributed by atoms with E-state index in [0.717, 1.165) is 38.5 Å². The van der Waals surface area contributed by atoms with Gasteiger partial charge in [0, 0.05) is 10.8 Å². The number of aliphatic hydroxyl groups is 3. The predicted octanol–water partition coefficient (Wildman–Crippen LogP) is 5.69. The van der Waals surface area contributed by atoms with Crippen molar-refractivity contribution in [1.29, 1.82) is 0 Å². The molecule has 236 valence electrons. The highest BCUT2D eigenvalue weighted by Crippen LogP contribution is 2.89. The number of aliphatic hydroxyl groups excluding tert-OH is 3. The van der Waals surface area contributed by atoms with Crippen LogP contribution in [0.4, 0.5) is 0 Å². The molecular formula is C38H48O6. The number of esters is 1. The van der Waals surface area contributed by atoms with Gasteiger partial charge in [0.05, 0.1) is 31.3 Å². The minimum absolute atomic E-state index is 0.0124. The molecule has 1 aromatic carbocycles. The lowest BCUT2D eigenvalue weighted by molar-refractivity contribution is -0.199. The van der Waals surface area contributed by atoms with Gasteiger partial charge in [-0.1, -0.05) is 74.9 Å². The lowest BCUT2D eigenvalue weighted by Gasteiger charge is -2.67. The lowest BCUT2D eigenvalue weighted by Crippen LogP contribution is -2.64. The van der Waals surface area contributed by atoms with Gasteiger partial charge >= 0.3 is 5.97 Å². The van der Waals surface area contributed by atoms with Crippen molar-refractivity contribution in [3.05, 3.63) is 71.3 Å². The van der Waals surface area contributed by atoms with Crippen LogP contribution in [0.2, 0.25) is 0 Å². The van der Waals surface area contributed by atoms with Gasteiger partial charge in [-0.05, 0) is 96.7 Å². The summed E-state index contributed by atoms with van der Waals surface area (Å²) in [5, 5.41) is 33.2. The molecule has 7 aliphatic rings. The molecule has 13 unspecified atom stereocenters. The van der Waals surface area contributed by atoms with Gasteiger partial charge in [0.2, 0.25) is 0 Å². The zero-order chi connectivity index (χ0) is 30.9. The lowest BCUT2D eigenvalue weighted by atomic mass is 9.38. The molecule has 1 aromatic rings. The van der Waals surface area contributed by atoms with Crippen molar-refractivity contribution < 1.29 is 29.6 Å². The summed E-state index contributed by atoms with van der Waals surface area (Å²) in [6.45, 7) is 9.52. The highest BCUT2D eigenvalue weighted by molar-refractivity contribution is 5.77. The second-order valence-electron chi connectivity index (χ2n) is 16.2. The van der Waals surface area contributed by atoms with Crippen LogP contribution in [0.3, 0.4) is 0 Å². The summed E-state index contributed by atoms with van der Waals surface area (Å²) in [4.78, 5) is 13.3. The molecule has 2 saturated heterocycles. The molecule has 0 radical (unpaired) electrons. The van der Waals surface area contributed by atoms with E-state index in [-0.39, 0.29) is 57.6 Å². The molecule has 0 bridgehead atoms. The fourth-order valence-electron chi connectivity index (χ4n) is 12.4. The van der Waals surface area contributed by atoms with E-state index in [1.165, 1.54) is 11.1 Å². The van der Waals surface area contributed by atoms with Gasteiger partial charge in [0.25, 0.3) is 0 Å². The number of fused-ring (bicyclic) bond motifs is 5. The van der Waals surface area contributed by atoms with E-state index in [1.807, 2.05) is 0 Å². The number of benzene rings is 1. The first-order valence-corrected chi connectivity index (χ1v) is 16.9. The molecule has 2 heterocycles. The average molecular weight is 601 g/mol. The van der Waals surface area contributed by atoms with Crippen LogP contribution < -0.4 is 0 Å². The molecule has 0 aromatic heterocycles. The Labute approximate surface area is 261 Å². The maximum atomic E-state index is 13.3. The van der Waals surface area contributed by atoms with Crippen molar-refractivity contribution >= 4 is 5.97 Å². The molecule has 3 N–H and O–H groups in total. The summed E-state index contributed by atoms with van der Waals surface area (Å²) in [5.41, 5.74) is 2.68. The first kappa shape index (κ1) is 29.2. The third kappa shape index (κ3) is 3.44. The molecule has 13 atom stereocenters. The van der Waals surface area contributed by atoms with Crippen LogP contribution in [0, 0.1) is 50.7 Å². The van der Waals surface area contributed by atoms with Crippen LogP contribution in [-0.4, -0.2) is 52.8 Å². The van der Waals surface area contributed by atoms with Crippen LogP contribution in [0.5, 0.6) is 0 Å². The van der Waals surface area contributed by atoms with E-state index < -0.39 is 24.2 Å². The molecule has 44 heavy (non-hydrogen) atoms. The topological polar surface area (TPSA) is 96.2 Å².